The van der Waals surface area contributed by atoms with E-state index >= 15 is 0 Å². The Morgan fingerprint density at radius 2 is 2.00 bits per heavy atom. The lowest BCUT2D eigenvalue weighted by Gasteiger charge is -2.09. The van der Waals surface area contributed by atoms with E-state index in [0.29, 0.717) is 18.3 Å². The molecule has 96 valence electrons. The first-order valence-electron chi connectivity index (χ1n) is 5.10. The number of hydrogen-bond donors (Lipinski definition) is 1. The molecule has 1 rings (SSSR count). The van der Waals surface area contributed by atoms with Gasteiger partial charge in [0.1, 0.15) is 0 Å². The van der Waals surface area contributed by atoms with Crippen molar-refractivity contribution in [2.75, 3.05) is 6.61 Å². The van der Waals surface area contributed by atoms with Crippen LogP contribution in [0.2, 0.25) is 0 Å². The number of rotatable bonds is 5. The zero-order valence-corrected chi connectivity index (χ0v) is 9.58. The van der Waals surface area contributed by atoms with E-state index in [4.69, 9.17) is 0 Å². The Balaban J connectivity index is 2.45. The molecule has 0 saturated heterocycles. The van der Waals surface area contributed by atoms with Crippen molar-refractivity contribution in [3.63, 3.8) is 0 Å². The number of aromatic nitrogens is 2. The van der Waals surface area contributed by atoms with Crippen LogP contribution in [-0.4, -0.2) is 28.8 Å². The number of nitrogens with one attached hydrogen (secondary N) is 1. The van der Waals surface area contributed by atoms with E-state index in [9.17, 15) is 13.2 Å². The van der Waals surface area contributed by atoms with Crippen LogP contribution in [-0.2, 0) is 6.54 Å². The fourth-order valence-electron chi connectivity index (χ4n) is 0.973. The Morgan fingerprint density at radius 1 is 1.29 bits per heavy atom. The summed E-state index contributed by atoms with van der Waals surface area (Å²) in [5.74, 6) is -0.129. The molecule has 0 amide bonds. The van der Waals surface area contributed by atoms with E-state index in [1.165, 1.54) is 12.4 Å². The summed E-state index contributed by atoms with van der Waals surface area (Å²) in [6, 6.07) is 0.304. The van der Waals surface area contributed by atoms with Crippen LogP contribution in [0.15, 0.2) is 12.4 Å². The van der Waals surface area contributed by atoms with Gasteiger partial charge in [0.15, 0.2) is 6.61 Å². The first kappa shape index (κ1) is 13.7. The van der Waals surface area contributed by atoms with Crippen molar-refractivity contribution in [1.82, 2.24) is 15.3 Å². The summed E-state index contributed by atoms with van der Waals surface area (Å²) in [6.45, 7) is 3.12. The molecule has 7 heteroatoms. The minimum atomic E-state index is -4.36. The van der Waals surface area contributed by atoms with Crippen LogP contribution in [0.4, 0.5) is 13.2 Å². The van der Waals surface area contributed by atoms with E-state index in [-0.39, 0.29) is 5.88 Å². The summed E-state index contributed by atoms with van der Waals surface area (Å²) < 4.78 is 40.0. The average Bonchev–Trinajstić information content (AvgIpc) is 2.24. The van der Waals surface area contributed by atoms with Crippen molar-refractivity contribution in [1.29, 1.82) is 0 Å². The van der Waals surface area contributed by atoms with Crippen molar-refractivity contribution < 1.29 is 17.9 Å². The third kappa shape index (κ3) is 6.06. The van der Waals surface area contributed by atoms with Gasteiger partial charge in [0.05, 0.1) is 18.1 Å². The first-order chi connectivity index (χ1) is 7.87. The van der Waals surface area contributed by atoms with Crippen LogP contribution >= 0.6 is 0 Å². The van der Waals surface area contributed by atoms with Crippen LogP contribution in [0.1, 0.15) is 19.5 Å². The number of nitrogens with zero attached hydrogens (tertiary/aromatic N) is 2. The van der Waals surface area contributed by atoms with Gasteiger partial charge in [-0.15, -0.1) is 0 Å². The molecule has 0 atom stereocenters. The van der Waals surface area contributed by atoms with Gasteiger partial charge in [-0.25, -0.2) is 4.98 Å². The predicted molar refractivity (Wildman–Crippen MR) is 55.6 cm³/mol. The zero-order chi connectivity index (χ0) is 12.9. The maximum Gasteiger partial charge on any atom is 0.422 e. The van der Waals surface area contributed by atoms with Gasteiger partial charge in [0.2, 0.25) is 5.88 Å². The van der Waals surface area contributed by atoms with Gasteiger partial charge < -0.3 is 10.1 Å². The Hall–Kier alpha value is -1.37. The maximum atomic E-state index is 11.8. The minimum absolute atomic E-state index is 0.129. The molecule has 1 heterocycles. The average molecular weight is 249 g/mol. The first-order valence-corrected chi connectivity index (χ1v) is 5.10. The highest BCUT2D eigenvalue weighted by Crippen LogP contribution is 2.16. The summed E-state index contributed by atoms with van der Waals surface area (Å²) in [5.41, 5.74) is 0.651. The molecule has 0 fully saturated rings. The minimum Gasteiger partial charge on any atom is -0.467 e. The maximum absolute atomic E-state index is 11.8. The predicted octanol–water partition coefficient (Wildman–Crippen LogP) is 1.92. The highest BCUT2D eigenvalue weighted by molar-refractivity contribution is 5.07. The standard InChI is InChI=1S/C10H14F3N3O/c1-7(2)14-3-8-4-16-9(5-15-8)17-6-10(11,12)13/h4-5,7,14H,3,6H2,1-2H3. The van der Waals surface area contributed by atoms with E-state index in [1.807, 2.05) is 13.8 Å². The molecular formula is C10H14F3N3O. The summed E-state index contributed by atoms with van der Waals surface area (Å²) in [5, 5.41) is 3.11. The number of hydrogen-bond acceptors (Lipinski definition) is 4. The fraction of sp³-hybridized carbons (Fsp3) is 0.600. The summed E-state index contributed by atoms with van der Waals surface area (Å²) in [4.78, 5) is 7.67. The van der Waals surface area contributed by atoms with Gasteiger partial charge in [-0.3, -0.25) is 4.98 Å². The van der Waals surface area contributed by atoms with Crippen LogP contribution in [0.5, 0.6) is 5.88 Å². The van der Waals surface area contributed by atoms with Gasteiger partial charge in [0.25, 0.3) is 0 Å². The summed E-state index contributed by atoms with van der Waals surface area (Å²) in [6.07, 6.45) is -1.79. The molecule has 0 spiro atoms. The highest BCUT2D eigenvalue weighted by atomic mass is 19.4. The third-order valence-corrected chi connectivity index (χ3v) is 1.76. The quantitative estimate of drug-likeness (QED) is 0.866. The van der Waals surface area contributed by atoms with Gasteiger partial charge in [-0.1, -0.05) is 13.8 Å². The monoisotopic (exact) mass is 249 g/mol. The van der Waals surface area contributed by atoms with E-state index < -0.39 is 12.8 Å². The Morgan fingerprint density at radius 3 is 2.47 bits per heavy atom. The van der Waals surface area contributed by atoms with Crippen LogP contribution in [0.25, 0.3) is 0 Å². The summed E-state index contributed by atoms with van der Waals surface area (Å²) >= 11 is 0. The smallest absolute Gasteiger partial charge is 0.422 e. The lowest BCUT2D eigenvalue weighted by atomic mass is 10.3. The number of alkyl halides is 3. The van der Waals surface area contributed by atoms with E-state index in [0.717, 1.165) is 0 Å². The molecule has 4 nitrogen and oxygen atoms in total. The molecule has 0 saturated carbocycles. The number of halogens is 3. The molecule has 0 unspecified atom stereocenters. The van der Waals surface area contributed by atoms with Crippen LogP contribution < -0.4 is 10.1 Å². The molecule has 0 radical (unpaired) electrons. The molecule has 0 bridgehead atoms. The SMILES string of the molecule is CC(C)NCc1cnc(OCC(F)(F)F)cn1. The second kappa shape index (κ2) is 5.81. The molecular weight excluding hydrogens is 235 g/mol. The Kier molecular flexibility index (Phi) is 4.68. The molecule has 17 heavy (non-hydrogen) atoms. The van der Waals surface area contributed by atoms with Crippen molar-refractivity contribution in [2.45, 2.75) is 32.6 Å². The van der Waals surface area contributed by atoms with Gasteiger partial charge in [-0.05, 0) is 0 Å². The molecule has 1 aromatic heterocycles. The zero-order valence-electron chi connectivity index (χ0n) is 9.58. The van der Waals surface area contributed by atoms with Crippen molar-refractivity contribution in [2.24, 2.45) is 0 Å². The second-order valence-electron chi connectivity index (χ2n) is 3.79. The Labute approximate surface area is 97.2 Å². The lowest BCUT2D eigenvalue weighted by Crippen LogP contribution is -2.22. The van der Waals surface area contributed by atoms with Crippen molar-refractivity contribution in [3.8, 4) is 5.88 Å². The summed E-state index contributed by atoms with van der Waals surface area (Å²) in [7, 11) is 0. The van der Waals surface area contributed by atoms with Crippen molar-refractivity contribution >= 4 is 0 Å². The van der Waals surface area contributed by atoms with Gasteiger partial charge in [-0.2, -0.15) is 13.2 Å². The van der Waals surface area contributed by atoms with Gasteiger partial charge in [0, 0.05) is 12.6 Å². The van der Waals surface area contributed by atoms with Crippen LogP contribution in [0.3, 0.4) is 0 Å². The van der Waals surface area contributed by atoms with Crippen molar-refractivity contribution in [3.05, 3.63) is 18.1 Å². The molecule has 0 aliphatic rings. The normalized spacial score (nSPS) is 11.9. The van der Waals surface area contributed by atoms with E-state index in [2.05, 4.69) is 20.0 Å². The fourth-order valence-corrected chi connectivity index (χ4v) is 0.973. The largest absolute Gasteiger partial charge is 0.467 e. The van der Waals surface area contributed by atoms with Gasteiger partial charge >= 0.3 is 6.18 Å². The second-order valence-corrected chi connectivity index (χ2v) is 3.79. The molecule has 0 aliphatic heterocycles. The molecule has 1 aromatic rings. The van der Waals surface area contributed by atoms with E-state index in [1.54, 1.807) is 0 Å². The molecule has 0 aromatic carbocycles. The molecule has 0 aliphatic carbocycles. The van der Waals surface area contributed by atoms with Crippen LogP contribution in [0, 0.1) is 0 Å². The topological polar surface area (TPSA) is 47.0 Å². The lowest BCUT2D eigenvalue weighted by molar-refractivity contribution is -0.154. The Bertz CT molecular complexity index is 338. The molecule has 1 N–H and O–H groups in total. The number of ether oxygens (including phenoxy) is 1. The highest BCUT2D eigenvalue weighted by Gasteiger charge is 2.28. The third-order valence-electron chi connectivity index (χ3n) is 1.76.